The van der Waals surface area contributed by atoms with Crippen molar-refractivity contribution in [2.75, 3.05) is 9.80 Å². The molecule has 166 valence electrons. The van der Waals surface area contributed by atoms with Crippen LogP contribution in [0.2, 0.25) is 0 Å². The Labute approximate surface area is 199 Å². The van der Waals surface area contributed by atoms with Gasteiger partial charge in [0.1, 0.15) is 5.75 Å². The minimum atomic E-state index is -4.80. The minimum Gasteiger partial charge on any atom is -0.406 e. The third-order valence-electron chi connectivity index (χ3n) is 5.20. The highest BCUT2D eigenvalue weighted by molar-refractivity contribution is 9.10. The molecule has 2 atom stereocenters. The lowest BCUT2D eigenvalue weighted by Crippen LogP contribution is -2.33. The van der Waals surface area contributed by atoms with Gasteiger partial charge in [-0.3, -0.25) is 9.80 Å². The normalized spacial score (nSPS) is 18.9. The second kappa shape index (κ2) is 8.78. The van der Waals surface area contributed by atoms with E-state index in [-0.39, 0.29) is 17.8 Å². The minimum absolute atomic E-state index is 0.269. The number of hydrogen-bond donors (Lipinski definition) is 0. The smallest absolute Gasteiger partial charge is 0.406 e. The first-order valence-corrected chi connectivity index (χ1v) is 11.2. The van der Waals surface area contributed by atoms with Crippen molar-refractivity contribution in [3.05, 3.63) is 87.3 Å². The first kappa shape index (κ1) is 22.7. The molecule has 2 amide bonds. The summed E-state index contributed by atoms with van der Waals surface area (Å²) in [5.74, 6) is -0.326. The molecule has 0 bridgehead atoms. The zero-order chi connectivity index (χ0) is 23.0. The molecule has 32 heavy (non-hydrogen) atoms. The molecule has 3 aromatic carbocycles. The van der Waals surface area contributed by atoms with E-state index >= 15 is 0 Å². The second-order valence-electron chi connectivity index (χ2n) is 7.28. The van der Waals surface area contributed by atoms with Crippen LogP contribution in [0, 0.1) is 0 Å². The molecule has 4 nitrogen and oxygen atoms in total. The summed E-state index contributed by atoms with van der Waals surface area (Å²) in [5.41, 5.74) is 1.87. The number of anilines is 2. The van der Waals surface area contributed by atoms with Gasteiger partial charge in [-0.2, -0.15) is 0 Å². The summed E-state index contributed by atoms with van der Waals surface area (Å²) >= 11 is 6.79. The SMILES string of the molecule is CC1C(c2cccc(OC(F)(F)F)c2)N(c2ccc(Br)cc2)C(=O)N1c1ccc(Br)cc1. The van der Waals surface area contributed by atoms with Crippen molar-refractivity contribution < 1.29 is 22.7 Å². The van der Waals surface area contributed by atoms with Gasteiger partial charge in [0.15, 0.2) is 0 Å². The zero-order valence-electron chi connectivity index (χ0n) is 16.7. The predicted octanol–water partition coefficient (Wildman–Crippen LogP) is 7.69. The van der Waals surface area contributed by atoms with Crippen LogP contribution in [0.25, 0.3) is 0 Å². The van der Waals surface area contributed by atoms with E-state index in [1.165, 1.54) is 18.2 Å². The summed E-state index contributed by atoms with van der Waals surface area (Å²) in [4.78, 5) is 16.9. The Morgan fingerprint density at radius 3 is 1.91 bits per heavy atom. The van der Waals surface area contributed by atoms with E-state index in [0.717, 1.165) is 8.95 Å². The van der Waals surface area contributed by atoms with Crippen LogP contribution >= 0.6 is 31.9 Å². The molecule has 3 aromatic rings. The molecule has 0 radical (unpaired) electrons. The molecular weight excluding hydrogens is 553 g/mol. The van der Waals surface area contributed by atoms with E-state index in [1.54, 1.807) is 28.0 Å². The molecule has 1 aliphatic heterocycles. The van der Waals surface area contributed by atoms with Gasteiger partial charge in [0.05, 0.1) is 12.1 Å². The number of urea groups is 1. The van der Waals surface area contributed by atoms with Crippen molar-refractivity contribution >= 4 is 49.3 Å². The van der Waals surface area contributed by atoms with Gasteiger partial charge in [0, 0.05) is 20.3 Å². The molecule has 1 saturated heterocycles. The van der Waals surface area contributed by atoms with Crippen LogP contribution in [0.3, 0.4) is 0 Å². The molecule has 2 unspecified atom stereocenters. The third-order valence-corrected chi connectivity index (χ3v) is 6.25. The van der Waals surface area contributed by atoms with Crippen molar-refractivity contribution in [1.82, 2.24) is 0 Å². The molecule has 9 heteroatoms. The van der Waals surface area contributed by atoms with E-state index in [0.29, 0.717) is 16.9 Å². The van der Waals surface area contributed by atoms with Gasteiger partial charge in [-0.05, 0) is 73.2 Å². The van der Waals surface area contributed by atoms with Crippen LogP contribution in [-0.4, -0.2) is 18.4 Å². The lowest BCUT2D eigenvalue weighted by molar-refractivity contribution is -0.274. The average molecular weight is 570 g/mol. The summed E-state index contributed by atoms with van der Waals surface area (Å²) < 4.78 is 44.2. The molecule has 0 aromatic heterocycles. The molecule has 0 spiro atoms. The van der Waals surface area contributed by atoms with Crippen molar-refractivity contribution in [3.8, 4) is 5.75 Å². The molecule has 1 aliphatic rings. The van der Waals surface area contributed by atoms with Crippen molar-refractivity contribution in [2.45, 2.75) is 25.4 Å². The molecule has 0 saturated carbocycles. The van der Waals surface area contributed by atoms with Crippen LogP contribution in [0.1, 0.15) is 18.5 Å². The van der Waals surface area contributed by atoms with E-state index < -0.39 is 12.4 Å². The Balaban J connectivity index is 1.80. The van der Waals surface area contributed by atoms with Gasteiger partial charge in [0.2, 0.25) is 0 Å². The first-order chi connectivity index (χ1) is 15.1. The number of alkyl halides is 3. The fourth-order valence-corrected chi connectivity index (χ4v) is 4.44. The molecule has 1 heterocycles. The summed E-state index contributed by atoms with van der Waals surface area (Å²) in [6.07, 6.45) is -4.80. The summed E-state index contributed by atoms with van der Waals surface area (Å²) in [6.45, 7) is 1.88. The number of carbonyl (C=O) groups is 1. The fraction of sp³-hybridized carbons (Fsp3) is 0.174. The standard InChI is InChI=1S/C23H17Br2F3N2O2/c1-14-21(15-3-2-4-20(13-15)32-23(26,27)28)30(19-11-7-17(25)8-12-19)22(31)29(14)18-9-5-16(24)6-10-18/h2-14,21H,1H3. The summed E-state index contributed by atoms with van der Waals surface area (Å²) in [6, 6.07) is 19.1. The number of benzene rings is 3. The van der Waals surface area contributed by atoms with Gasteiger partial charge in [-0.1, -0.05) is 44.0 Å². The third kappa shape index (κ3) is 4.63. The van der Waals surface area contributed by atoms with E-state index in [2.05, 4.69) is 36.6 Å². The maximum Gasteiger partial charge on any atom is 0.573 e. The molecule has 0 aliphatic carbocycles. The first-order valence-electron chi connectivity index (χ1n) is 9.63. The Hall–Kier alpha value is -2.52. The second-order valence-corrected chi connectivity index (χ2v) is 9.11. The van der Waals surface area contributed by atoms with Gasteiger partial charge in [-0.15, -0.1) is 13.2 Å². The molecule has 4 rings (SSSR count). The average Bonchev–Trinajstić information content (AvgIpc) is 2.98. The van der Waals surface area contributed by atoms with Crippen LogP contribution in [0.15, 0.2) is 81.7 Å². The van der Waals surface area contributed by atoms with Gasteiger partial charge in [0.25, 0.3) is 0 Å². The molecule has 1 fully saturated rings. The van der Waals surface area contributed by atoms with Gasteiger partial charge < -0.3 is 4.74 Å². The Morgan fingerprint density at radius 1 is 0.844 bits per heavy atom. The number of rotatable bonds is 4. The predicted molar refractivity (Wildman–Crippen MR) is 124 cm³/mol. The zero-order valence-corrected chi connectivity index (χ0v) is 19.9. The Kier molecular flexibility index (Phi) is 6.22. The van der Waals surface area contributed by atoms with Crippen molar-refractivity contribution in [2.24, 2.45) is 0 Å². The van der Waals surface area contributed by atoms with Crippen molar-refractivity contribution in [3.63, 3.8) is 0 Å². The maximum atomic E-state index is 13.6. The number of halogens is 5. The van der Waals surface area contributed by atoms with Crippen LogP contribution in [-0.2, 0) is 0 Å². The number of carbonyl (C=O) groups excluding carboxylic acids is 1. The highest BCUT2D eigenvalue weighted by Crippen LogP contribution is 2.42. The highest BCUT2D eigenvalue weighted by Gasteiger charge is 2.46. The number of amides is 2. The van der Waals surface area contributed by atoms with Gasteiger partial charge >= 0.3 is 12.4 Å². The van der Waals surface area contributed by atoms with Gasteiger partial charge in [-0.25, -0.2) is 4.79 Å². The molecular formula is C23H17Br2F3N2O2. The lowest BCUT2D eigenvalue weighted by atomic mass is 9.99. The summed E-state index contributed by atoms with van der Waals surface area (Å²) in [7, 11) is 0. The number of hydrogen-bond acceptors (Lipinski definition) is 2. The van der Waals surface area contributed by atoms with Crippen LogP contribution in [0.5, 0.6) is 5.75 Å². The maximum absolute atomic E-state index is 13.6. The Morgan fingerprint density at radius 2 is 1.38 bits per heavy atom. The highest BCUT2D eigenvalue weighted by atomic mass is 79.9. The van der Waals surface area contributed by atoms with E-state index in [4.69, 9.17) is 0 Å². The number of nitrogens with zero attached hydrogens (tertiary/aromatic N) is 2. The molecule has 0 N–H and O–H groups in total. The lowest BCUT2D eigenvalue weighted by Gasteiger charge is -2.26. The van der Waals surface area contributed by atoms with Crippen LogP contribution in [0.4, 0.5) is 29.3 Å². The Bertz CT molecular complexity index is 1120. The van der Waals surface area contributed by atoms with Crippen LogP contribution < -0.4 is 14.5 Å². The number of ether oxygens (including phenoxy) is 1. The quantitative estimate of drug-likeness (QED) is 0.323. The van der Waals surface area contributed by atoms with E-state index in [9.17, 15) is 18.0 Å². The van der Waals surface area contributed by atoms with Crippen molar-refractivity contribution in [1.29, 1.82) is 0 Å². The fourth-order valence-electron chi connectivity index (χ4n) is 3.91. The van der Waals surface area contributed by atoms with E-state index in [1.807, 2.05) is 43.3 Å². The summed E-state index contributed by atoms with van der Waals surface area (Å²) in [5, 5.41) is 0. The largest absolute Gasteiger partial charge is 0.573 e. The monoisotopic (exact) mass is 568 g/mol. The topological polar surface area (TPSA) is 32.8 Å².